The molecule has 0 aliphatic heterocycles. The molecule has 0 bridgehead atoms. The molecule has 0 saturated carbocycles. The van der Waals surface area contributed by atoms with Gasteiger partial charge >= 0.3 is 11.9 Å². The number of ether oxygens (including phenoxy) is 5. The number of aromatic nitrogens is 4. The number of benzene rings is 4. The van der Waals surface area contributed by atoms with Crippen LogP contribution in [0.25, 0.3) is 22.5 Å². The summed E-state index contributed by atoms with van der Waals surface area (Å²) in [6, 6.07) is 29.6. The first-order valence-electron chi connectivity index (χ1n) is 16.3. The number of rotatable bonds is 12. The van der Waals surface area contributed by atoms with Gasteiger partial charge < -0.3 is 41.2 Å². The van der Waals surface area contributed by atoms with Gasteiger partial charge in [0.05, 0.1) is 46.9 Å². The lowest BCUT2D eigenvalue weighted by Gasteiger charge is -2.10. The van der Waals surface area contributed by atoms with Gasteiger partial charge in [-0.15, -0.1) is 0 Å². The summed E-state index contributed by atoms with van der Waals surface area (Å²) in [5.41, 5.74) is 7.16. The number of para-hydroxylation sites is 2. The average Bonchev–Trinajstić information content (AvgIpc) is 3.20. The van der Waals surface area contributed by atoms with E-state index >= 15 is 0 Å². The van der Waals surface area contributed by atoms with Crippen LogP contribution >= 0.6 is 0 Å². The minimum Gasteiger partial charge on any atom is -1.00 e. The van der Waals surface area contributed by atoms with E-state index in [1.807, 2.05) is 72.8 Å². The highest BCUT2D eigenvalue weighted by Crippen LogP contribution is 2.30. The van der Waals surface area contributed by atoms with Gasteiger partial charge in [0.2, 0.25) is 0 Å². The Morgan fingerprint density at radius 3 is 1.39 bits per heavy atom. The number of carbonyl (C=O) groups is 2. The van der Waals surface area contributed by atoms with Crippen LogP contribution in [0.15, 0.2) is 110 Å². The van der Waals surface area contributed by atoms with Gasteiger partial charge in [0, 0.05) is 35.4 Å². The van der Waals surface area contributed by atoms with E-state index in [0.717, 1.165) is 56.5 Å². The summed E-state index contributed by atoms with van der Waals surface area (Å²) in [5, 5.41) is 9.32. The SMILES string of the molecule is COC(=O)c1cc(Cc2cc(-c3ccccc3OC)ncn2)ccc1OC.COc1ccc(Cc2cc(-c3ccccc3OC)ncn2)cc1C(=O)O.[Cl-]. The molecule has 0 fully saturated rings. The van der Waals surface area contributed by atoms with E-state index in [-0.39, 0.29) is 18.0 Å². The Morgan fingerprint density at radius 1 is 0.537 bits per heavy atom. The van der Waals surface area contributed by atoms with E-state index in [4.69, 9.17) is 23.7 Å². The van der Waals surface area contributed by atoms with Crippen molar-refractivity contribution in [2.75, 3.05) is 35.5 Å². The van der Waals surface area contributed by atoms with Crippen molar-refractivity contribution in [2.24, 2.45) is 0 Å². The van der Waals surface area contributed by atoms with Gasteiger partial charge in [0.1, 0.15) is 46.8 Å². The quantitative estimate of drug-likeness (QED) is 0.180. The Bertz CT molecular complexity index is 2220. The van der Waals surface area contributed by atoms with Gasteiger partial charge in [-0.3, -0.25) is 0 Å². The molecule has 6 rings (SSSR count). The number of carbonyl (C=O) groups excluding carboxylic acids is 1. The molecule has 0 saturated heterocycles. The number of carboxylic acids is 1. The van der Waals surface area contributed by atoms with Crippen molar-refractivity contribution in [3.63, 3.8) is 0 Å². The fourth-order valence-corrected chi connectivity index (χ4v) is 5.58. The number of carboxylic acid groups (broad SMARTS) is 1. The molecule has 0 aliphatic carbocycles. The second-order valence-corrected chi connectivity index (χ2v) is 11.4. The number of nitrogens with zero attached hydrogens (tertiary/aromatic N) is 4. The molecule has 54 heavy (non-hydrogen) atoms. The zero-order valence-corrected chi connectivity index (χ0v) is 31.0. The molecule has 0 amide bonds. The predicted molar refractivity (Wildman–Crippen MR) is 198 cm³/mol. The van der Waals surface area contributed by atoms with E-state index in [1.54, 1.807) is 38.5 Å². The Hall–Kier alpha value is -6.53. The zero-order valence-electron chi connectivity index (χ0n) is 30.3. The summed E-state index contributed by atoms with van der Waals surface area (Å²) in [5.74, 6) is 0.822. The summed E-state index contributed by atoms with van der Waals surface area (Å²) in [6.45, 7) is 0. The van der Waals surface area contributed by atoms with Crippen LogP contribution < -0.4 is 31.4 Å². The van der Waals surface area contributed by atoms with Crippen LogP contribution in [0.2, 0.25) is 0 Å². The molecule has 13 heteroatoms. The highest BCUT2D eigenvalue weighted by molar-refractivity contribution is 5.93. The molecular weight excluding hydrogens is 712 g/mol. The van der Waals surface area contributed by atoms with Gasteiger partial charge in [-0.2, -0.15) is 0 Å². The fourth-order valence-electron chi connectivity index (χ4n) is 5.58. The van der Waals surface area contributed by atoms with E-state index in [9.17, 15) is 14.7 Å². The van der Waals surface area contributed by atoms with Gasteiger partial charge in [0.15, 0.2) is 0 Å². The maximum Gasteiger partial charge on any atom is 0.341 e. The summed E-state index contributed by atoms with van der Waals surface area (Å²) < 4.78 is 26.0. The number of aromatic carboxylic acids is 1. The number of hydrogen-bond acceptors (Lipinski definition) is 11. The maximum absolute atomic E-state index is 12.0. The summed E-state index contributed by atoms with van der Waals surface area (Å²) in [7, 11) is 7.56. The molecule has 0 aliphatic rings. The lowest BCUT2D eigenvalue weighted by molar-refractivity contribution is -0.0000422. The van der Waals surface area contributed by atoms with Gasteiger partial charge in [-0.1, -0.05) is 36.4 Å². The average molecular weight is 750 g/mol. The number of hydrogen-bond donors (Lipinski definition) is 1. The fraction of sp³-hybridized carbons (Fsp3) is 0.171. The smallest absolute Gasteiger partial charge is 0.341 e. The van der Waals surface area contributed by atoms with E-state index in [0.29, 0.717) is 29.9 Å². The molecule has 6 aromatic rings. The molecule has 278 valence electrons. The standard InChI is InChI=1S/C21H20N2O4.C20H18N2O4.ClH/c1-25-19-7-5-4-6-16(19)18-12-15(22-13-23-18)10-14-8-9-20(26-2)17(11-14)21(24)27-3;1-25-18-6-4-3-5-15(18)17-11-14(21-12-22-17)9-13-7-8-19(26-2)16(10-13)20(23)24;/h4-9,11-13H,10H2,1-3H3;3-8,10-12H,9H2,1-2H3,(H,23,24);1H/p-1. The normalized spacial score (nSPS) is 10.2. The lowest BCUT2D eigenvalue weighted by atomic mass is 10.0. The van der Waals surface area contributed by atoms with Crippen LogP contribution in [0.5, 0.6) is 23.0 Å². The molecule has 4 aromatic carbocycles. The van der Waals surface area contributed by atoms with Crippen molar-refractivity contribution < 1.29 is 50.8 Å². The van der Waals surface area contributed by atoms with Gasteiger partial charge in [0.25, 0.3) is 0 Å². The summed E-state index contributed by atoms with van der Waals surface area (Å²) >= 11 is 0. The number of methoxy groups -OCH3 is 5. The maximum atomic E-state index is 12.0. The highest BCUT2D eigenvalue weighted by atomic mass is 35.5. The van der Waals surface area contributed by atoms with Crippen LogP contribution in [0.1, 0.15) is 43.2 Å². The Kier molecular flexibility index (Phi) is 14.4. The minimum atomic E-state index is -1.03. The second kappa shape index (κ2) is 19.3. The van der Waals surface area contributed by atoms with Crippen molar-refractivity contribution in [3.05, 3.63) is 143 Å². The third-order valence-corrected chi connectivity index (χ3v) is 8.15. The largest absolute Gasteiger partial charge is 1.00 e. The Balaban J connectivity index is 0.000000236. The molecule has 2 heterocycles. The highest BCUT2D eigenvalue weighted by Gasteiger charge is 2.16. The third kappa shape index (κ3) is 9.87. The van der Waals surface area contributed by atoms with Gasteiger partial charge in [-0.25, -0.2) is 29.5 Å². The first-order valence-corrected chi connectivity index (χ1v) is 16.3. The molecule has 2 aromatic heterocycles. The molecule has 0 radical (unpaired) electrons. The third-order valence-electron chi connectivity index (χ3n) is 8.15. The first-order chi connectivity index (χ1) is 25.8. The lowest BCUT2D eigenvalue weighted by Crippen LogP contribution is -3.00. The van der Waals surface area contributed by atoms with Crippen LogP contribution in [0.3, 0.4) is 0 Å². The van der Waals surface area contributed by atoms with Crippen molar-refractivity contribution in [3.8, 4) is 45.5 Å². The zero-order chi connectivity index (χ0) is 37.7. The van der Waals surface area contributed by atoms with Crippen molar-refractivity contribution >= 4 is 11.9 Å². The van der Waals surface area contributed by atoms with E-state index in [2.05, 4.69) is 19.9 Å². The van der Waals surface area contributed by atoms with Gasteiger partial charge in [-0.05, 0) is 71.8 Å². The minimum absolute atomic E-state index is 0. The first kappa shape index (κ1) is 40.2. The monoisotopic (exact) mass is 749 g/mol. The predicted octanol–water partition coefficient (Wildman–Crippen LogP) is 3.99. The molecule has 0 atom stereocenters. The second-order valence-electron chi connectivity index (χ2n) is 11.4. The van der Waals surface area contributed by atoms with Crippen LogP contribution in [-0.4, -0.2) is 72.5 Å². The summed E-state index contributed by atoms with van der Waals surface area (Å²) in [4.78, 5) is 40.7. The molecule has 1 N–H and O–H groups in total. The van der Waals surface area contributed by atoms with E-state index in [1.165, 1.54) is 34.0 Å². The molecular formula is C41H38ClN4O8-. The molecule has 12 nitrogen and oxygen atoms in total. The van der Waals surface area contributed by atoms with Crippen molar-refractivity contribution in [2.45, 2.75) is 12.8 Å². The van der Waals surface area contributed by atoms with Crippen molar-refractivity contribution in [1.82, 2.24) is 19.9 Å². The summed E-state index contributed by atoms with van der Waals surface area (Å²) in [6.07, 6.45) is 4.05. The Morgan fingerprint density at radius 2 is 0.963 bits per heavy atom. The van der Waals surface area contributed by atoms with E-state index < -0.39 is 11.9 Å². The topological polar surface area (TPSA) is 152 Å². The van der Waals surface area contributed by atoms with Crippen LogP contribution in [0, 0.1) is 0 Å². The molecule has 0 unspecified atom stereocenters. The molecule has 0 spiro atoms. The van der Waals surface area contributed by atoms with Crippen molar-refractivity contribution in [1.29, 1.82) is 0 Å². The van der Waals surface area contributed by atoms with Crippen LogP contribution in [-0.2, 0) is 17.6 Å². The van der Waals surface area contributed by atoms with Crippen LogP contribution in [0.4, 0.5) is 0 Å². The Labute approximate surface area is 319 Å². The number of halogens is 1. The number of esters is 1.